The maximum atomic E-state index is 6.25. The number of imidazole rings is 1. The highest BCUT2D eigenvalue weighted by Gasteiger charge is 2.15. The van der Waals surface area contributed by atoms with E-state index in [0.29, 0.717) is 12.5 Å². The van der Waals surface area contributed by atoms with Crippen molar-refractivity contribution in [2.45, 2.75) is 32.7 Å². The number of hydrogen-bond donors (Lipinski definition) is 0. The van der Waals surface area contributed by atoms with Crippen LogP contribution in [-0.4, -0.2) is 22.8 Å². The molecule has 0 N–H and O–H groups in total. The highest BCUT2D eigenvalue weighted by molar-refractivity contribution is 9.10. The zero-order chi connectivity index (χ0) is 14.7. The summed E-state index contributed by atoms with van der Waals surface area (Å²) in [7, 11) is 0. The van der Waals surface area contributed by atoms with E-state index in [1.807, 2.05) is 19.1 Å². The van der Waals surface area contributed by atoms with Crippen molar-refractivity contribution in [2.75, 3.05) is 13.2 Å². The fourth-order valence-corrected chi connectivity index (χ4v) is 2.64. The lowest BCUT2D eigenvalue weighted by molar-refractivity contribution is 0.103. The van der Waals surface area contributed by atoms with E-state index < -0.39 is 0 Å². The molecule has 0 radical (unpaired) electrons. The van der Waals surface area contributed by atoms with Crippen LogP contribution in [0.25, 0.3) is 11.0 Å². The number of hydrogen-bond acceptors (Lipinski definition) is 2. The molecule has 110 valence electrons. The first-order valence-corrected chi connectivity index (χ1v) is 8.09. The van der Waals surface area contributed by atoms with Crippen molar-refractivity contribution in [3.63, 3.8) is 0 Å². The van der Waals surface area contributed by atoms with Gasteiger partial charge in [0.05, 0.1) is 23.0 Å². The van der Waals surface area contributed by atoms with Gasteiger partial charge in [0.15, 0.2) is 0 Å². The summed E-state index contributed by atoms with van der Waals surface area (Å²) in [5.41, 5.74) is 2.06. The summed E-state index contributed by atoms with van der Waals surface area (Å²) < 4.78 is 8.87. The van der Waals surface area contributed by atoms with Gasteiger partial charge in [-0.05, 0) is 31.0 Å². The second-order valence-corrected chi connectivity index (χ2v) is 6.91. The molecular weight excluding hydrogens is 340 g/mol. The average molecular weight is 360 g/mol. The van der Waals surface area contributed by atoms with E-state index in [-0.39, 0.29) is 5.38 Å². The van der Waals surface area contributed by atoms with Gasteiger partial charge < -0.3 is 9.30 Å². The Hall–Kier alpha value is -0.580. The predicted octanol–water partition coefficient (Wildman–Crippen LogP) is 4.77. The number of nitrogens with zero attached hydrogens (tertiary/aromatic N) is 2. The number of aromatic nitrogens is 2. The van der Waals surface area contributed by atoms with Crippen LogP contribution < -0.4 is 0 Å². The third-order valence-electron chi connectivity index (χ3n) is 3.01. The Kier molecular flexibility index (Phi) is 5.47. The minimum absolute atomic E-state index is 0.119. The molecule has 0 fully saturated rings. The Labute approximate surface area is 133 Å². The molecule has 0 aliphatic carbocycles. The summed E-state index contributed by atoms with van der Waals surface area (Å²) in [5, 5.41) is -0.119. The first-order valence-electron chi connectivity index (χ1n) is 6.86. The van der Waals surface area contributed by atoms with Crippen molar-refractivity contribution in [2.24, 2.45) is 5.92 Å². The van der Waals surface area contributed by atoms with Gasteiger partial charge in [0.2, 0.25) is 0 Å². The number of alkyl halides is 1. The SMILES string of the molecule is CC(C)COCCn1c(C(C)Cl)nc2ccc(Br)cc21. The molecule has 2 aromatic rings. The maximum absolute atomic E-state index is 6.25. The monoisotopic (exact) mass is 358 g/mol. The third-order valence-corrected chi connectivity index (χ3v) is 3.69. The van der Waals surface area contributed by atoms with Gasteiger partial charge in [0.25, 0.3) is 0 Å². The predicted molar refractivity (Wildman–Crippen MR) is 87.4 cm³/mol. The molecule has 0 aliphatic rings. The van der Waals surface area contributed by atoms with Crippen LogP contribution in [0.3, 0.4) is 0 Å². The van der Waals surface area contributed by atoms with Crippen molar-refractivity contribution in [3.05, 3.63) is 28.5 Å². The summed E-state index contributed by atoms with van der Waals surface area (Å²) in [6, 6.07) is 6.08. The molecule has 0 bridgehead atoms. The van der Waals surface area contributed by atoms with Gasteiger partial charge >= 0.3 is 0 Å². The van der Waals surface area contributed by atoms with Gasteiger partial charge in [0, 0.05) is 17.6 Å². The van der Waals surface area contributed by atoms with E-state index >= 15 is 0 Å². The molecule has 0 saturated heterocycles. The van der Waals surface area contributed by atoms with Gasteiger partial charge in [-0.2, -0.15) is 0 Å². The van der Waals surface area contributed by atoms with Crippen molar-refractivity contribution in [1.29, 1.82) is 0 Å². The van der Waals surface area contributed by atoms with Crippen LogP contribution in [0, 0.1) is 5.92 Å². The molecule has 0 spiro atoms. The Morgan fingerprint density at radius 3 is 2.75 bits per heavy atom. The molecule has 2 rings (SSSR count). The first-order chi connectivity index (χ1) is 9.49. The Morgan fingerprint density at radius 1 is 1.35 bits per heavy atom. The molecule has 1 unspecified atom stereocenters. The van der Waals surface area contributed by atoms with Gasteiger partial charge in [-0.1, -0.05) is 29.8 Å². The molecule has 1 atom stereocenters. The number of halogens is 2. The van der Waals surface area contributed by atoms with Gasteiger partial charge in [-0.3, -0.25) is 0 Å². The van der Waals surface area contributed by atoms with E-state index in [9.17, 15) is 0 Å². The molecule has 1 heterocycles. The molecule has 0 amide bonds. The summed E-state index contributed by atoms with van der Waals surface area (Å²) in [4.78, 5) is 4.62. The first kappa shape index (κ1) is 15.8. The van der Waals surface area contributed by atoms with Crippen LogP contribution in [0.15, 0.2) is 22.7 Å². The Balaban J connectivity index is 2.24. The largest absolute Gasteiger partial charge is 0.379 e. The van der Waals surface area contributed by atoms with Crippen molar-refractivity contribution in [3.8, 4) is 0 Å². The molecular formula is C15H20BrClN2O. The number of rotatable bonds is 6. The lowest BCUT2D eigenvalue weighted by atomic mass is 10.2. The minimum Gasteiger partial charge on any atom is -0.379 e. The van der Waals surface area contributed by atoms with E-state index in [1.165, 1.54) is 0 Å². The molecule has 20 heavy (non-hydrogen) atoms. The second-order valence-electron chi connectivity index (χ2n) is 5.34. The van der Waals surface area contributed by atoms with Crippen LogP contribution >= 0.6 is 27.5 Å². The zero-order valence-electron chi connectivity index (χ0n) is 12.1. The van der Waals surface area contributed by atoms with Crippen LogP contribution in [-0.2, 0) is 11.3 Å². The number of fused-ring (bicyclic) bond motifs is 1. The number of benzene rings is 1. The fourth-order valence-electron chi connectivity index (χ4n) is 2.13. The van der Waals surface area contributed by atoms with Gasteiger partial charge in [0.1, 0.15) is 5.82 Å². The standard InChI is InChI=1S/C15H20BrClN2O/c1-10(2)9-20-7-6-19-14-8-12(16)4-5-13(14)18-15(19)11(3)17/h4-5,8,10-11H,6-7,9H2,1-3H3. The third kappa shape index (κ3) is 3.74. The summed E-state index contributed by atoms with van der Waals surface area (Å²) in [6.07, 6.45) is 0. The Morgan fingerprint density at radius 2 is 2.10 bits per heavy atom. The normalized spacial score (nSPS) is 13.3. The van der Waals surface area contributed by atoms with Gasteiger partial charge in [-0.25, -0.2) is 4.98 Å². The zero-order valence-corrected chi connectivity index (χ0v) is 14.4. The smallest absolute Gasteiger partial charge is 0.127 e. The molecule has 3 nitrogen and oxygen atoms in total. The number of ether oxygens (including phenoxy) is 1. The van der Waals surface area contributed by atoms with Crippen molar-refractivity contribution >= 4 is 38.6 Å². The molecule has 1 aromatic carbocycles. The lowest BCUT2D eigenvalue weighted by Crippen LogP contribution is -2.12. The molecule has 1 aromatic heterocycles. The van der Waals surface area contributed by atoms with E-state index in [2.05, 4.69) is 45.4 Å². The van der Waals surface area contributed by atoms with Crippen LogP contribution in [0.1, 0.15) is 32.0 Å². The molecule has 0 saturated carbocycles. The van der Waals surface area contributed by atoms with Gasteiger partial charge in [-0.15, -0.1) is 11.6 Å². The quantitative estimate of drug-likeness (QED) is 0.548. The van der Waals surface area contributed by atoms with E-state index in [4.69, 9.17) is 16.3 Å². The summed E-state index contributed by atoms with van der Waals surface area (Å²) in [6.45, 7) is 8.47. The second kappa shape index (κ2) is 6.92. The van der Waals surface area contributed by atoms with Crippen LogP contribution in [0.2, 0.25) is 0 Å². The van der Waals surface area contributed by atoms with Crippen molar-refractivity contribution in [1.82, 2.24) is 9.55 Å². The minimum atomic E-state index is -0.119. The molecule has 0 aliphatic heterocycles. The lowest BCUT2D eigenvalue weighted by Gasteiger charge is -2.12. The molecule has 5 heteroatoms. The van der Waals surface area contributed by atoms with Crippen molar-refractivity contribution < 1.29 is 4.74 Å². The summed E-state index contributed by atoms with van der Waals surface area (Å²) in [5.74, 6) is 1.45. The highest BCUT2D eigenvalue weighted by atomic mass is 79.9. The fraction of sp³-hybridized carbons (Fsp3) is 0.533. The summed E-state index contributed by atoms with van der Waals surface area (Å²) >= 11 is 9.76. The average Bonchev–Trinajstić information content (AvgIpc) is 2.73. The highest BCUT2D eigenvalue weighted by Crippen LogP contribution is 2.26. The van der Waals surface area contributed by atoms with E-state index in [1.54, 1.807) is 0 Å². The van der Waals surface area contributed by atoms with Crippen LogP contribution in [0.5, 0.6) is 0 Å². The Bertz CT molecular complexity index is 581. The van der Waals surface area contributed by atoms with Crippen LogP contribution in [0.4, 0.5) is 0 Å². The topological polar surface area (TPSA) is 27.1 Å². The van der Waals surface area contributed by atoms with E-state index in [0.717, 1.165) is 34.5 Å². The maximum Gasteiger partial charge on any atom is 0.127 e.